The average molecular weight is 260 g/mol. The third-order valence-corrected chi connectivity index (χ3v) is 3.48. The minimum absolute atomic E-state index is 0.0900. The molecule has 17 heavy (non-hydrogen) atoms. The fraction of sp³-hybridized carbons (Fsp3) is 0.364. The predicted molar refractivity (Wildman–Crippen MR) is 60.6 cm³/mol. The number of carbonyl (C=O) groups is 1. The van der Waals surface area contributed by atoms with E-state index < -0.39 is 32.1 Å². The Morgan fingerprint density at radius 1 is 1.35 bits per heavy atom. The van der Waals surface area contributed by atoms with Crippen molar-refractivity contribution in [2.75, 3.05) is 6.26 Å². The number of rotatable bonds is 3. The molecule has 4 nitrogen and oxygen atoms in total. The number of sulfone groups is 1. The molecule has 0 aliphatic heterocycles. The third-order valence-electron chi connectivity index (χ3n) is 2.36. The molecule has 0 spiro atoms. The first-order chi connectivity index (χ1) is 7.64. The van der Waals surface area contributed by atoms with Crippen LogP contribution in [0.5, 0.6) is 0 Å². The molecule has 0 heterocycles. The van der Waals surface area contributed by atoms with Crippen LogP contribution in [0.3, 0.4) is 0 Å². The molecule has 1 rings (SSSR count). The van der Waals surface area contributed by atoms with Crippen LogP contribution < -0.4 is 0 Å². The van der Waals surface area contributed by atoms with E-state index >= 15 is 0 Å². The summed E-state index contributed by atoms with van der Waals surface area (Å²) in [5.74, 6) is -2.70. The number of carboxylic acids is 1. The van der Waals surface area contributed by atoms with Crippen LogP contribution in [-0.2, 0) is 9.84 Å². The van der Waals surface area contributed by atoms with Gasteiger partial charge in [-0.3, -0.25) is 0 Å². The molecule has 0 aliphatic carbocycles. The molecule has 0 saturated carbocycles. The fourth-order valence-corrected chi connectivity index (χ4v) is 2.34. The average Bonchev–Trinajstić information content (AvgIpc) is 2.14. The van der Waals surface area contributed by atoms with Gasteiger partial charge in [-0.05, 0) is 23.6 Å². The number of hydrogen-bond donors (Lipinski definition) is 1. The Morgan fingerprint density at radius 3 is 2.24 bits per heavy atom. The van der Waals surface area contributed by atoms with Gasteiger partial charge in [0.25, 0.3) is 0 Å². The van der Waals surface area contributed by atoms with Gasteiger partial charge in [-0.15, -0.1) is 0 Å². The summed E-state index contributed by atoms with van der Waals surface area (Å²) in [5, 5.41) is 8.83. The standard InChI is InChI=1S/C11H13FO4S/c1-6(2)7-4-8(12)10(11(13)14)9(5-7)17(3,15)16/h4-6H,1-3H3,(H,13,14). The molecular formula is C11H13FO4S. The zero-order valence-electron chi connectivity index (χ0n) is 9.69. The van der Waals surface area contributed by atoms with Crippen molar-refractivity contribution in [3.8, 4) is 0 Å². The Bertz CT molecular complexity index is 561. The Kier molecular flexibility index (Phi) is 3.56. The molecule has 1 aromatic carbocycles. The molecule has 0 unspecified atom stereocenters. The lowest BCUT2D eigenvalue weighted by Gasteiger charge is -2.11. The second kappa shape index (κ2) is 4.44. The van der Waals surface area contributed by atoms with Crippen molar-refractivity contribution < 1.29 is 22.7 Å². The lowest BCUT2D eigenvalue weighted by Crippen LogP contribution is -2.11. The maximum Gasteiger partial charge on any atom is 0.340 e. The first kappa shape index (κ1) is 13.6. The Balaban J connectivity index is 3.69. The number of hydrogen-bond acceptors (Lipinski definition) is 3. The van der Waals surface area contributed by atoms with Crippen LogP contribution in [0.15, 0.2) is 17.0 Å². The molecular weight excluding hydrogens is 247 g/mol. The number of carboxylic acid groups (broad SMARTS) is 1. The predicted octanol–water partition coefficient (Wildman–Crippen LogP) is 2.05. The van der Waals surface area contributed by atoms with Crippen molar-refractivity contribution in [2.45, 2.75) is 24.7 Å². The van der Waals surface area contributed by atoms with Crippen molar-refractivity contribution in [2.24, 2.45) is 0 Å². The molecule has 0 radical (unpaired) electrons. The van der Waals surface area contributed by atoms with Crippen LogP contribution in [0.1, 0.15) is 35.7 Å². The summed E-state index contributed by atoms with van der Waals surface area (Å²) < 4.78 is 36.5. The summed E-state index contributed by atoms with van der Waals surface area (Å²) in [6.07, 6.45) is 0.859. The van der Waals surface area contributed by atoms with E-state index in [2.05, 4.69) is 0 Å². The second-order valence-corrected chi connectivity index (χ2v) is 6.09. The van der Waals surface area contributed by atoms with Gasteiger partial charge in [0.15, 0.2) is 9.84 Å². The van der Waals surface area contributed by atoms with E-state index in [0.29, 0.717) is 5.56 Å². The topological polar surface area (TPSA) is 71.4 Å². The summed E-state index contributed by atoms with van der Waals surface area (Å²) in [6, 6.07) is 2.27. The maximum absolute atomic E-state index is 13.6. The van der Waals surface area contributed by atoms with Gasteiger partial charge in [0.05, 0.1) is 4.90 Å². The van der Waals surface area contributed by atoms with Crippen LogP contribution in [0, 0.1) is 5.82 Å². The lowest BCUT2D eigenvalue weighted by molar-refractivity contribution is 0.0687. The largest absolute Gasteiger partial charge is 0.478 e. The SMILES string of the molecule is CC(C)c1cc(F)c(C(=O)O)c(S(C)(=O)=O)c1. The molecule has 0 saturated heterocycles. The van der Waals surface area contributed by atoms with Gasteiger partial charge in [-0.25, -0.2) is 17.6 Å². The third kappa shape index (κ3) is 2.82. The van der Waals surface area contributed by atoms with Gasteiger partial charge in [0, 0.05) is 6.26 Å². The van der Waals surface area contributed by atoms with Crippen molar-refractivity contribution in [3.63, 3.8) is 0 Å². The van der Waals surface area contributed by atoms with Crippen molar-refractivity contribution in [1.82, 2.24) is 0 Å². The van der Waals surface area contributed by atoms with E-state index in [1.165, 1.54) is 6.07 Å². The Labute approximate surface area is 99.0 Å². The van der Waals surface area contributed by atoms with Gasteiger partial charge >= 0.3 is 5.97 Å². The maximum atomic E-state index is 13.6. The molecule has 0 aromatic heterocycles. The van der Waals surface area contributed by atoms with Gasteiger partial charge in [-0.2, -0.15) is 0 Å². The van der Waals surface area contributed by atoms with Crippen LogP contribution >= 0.6 is 0 Å². The van der Waals surface area contributed by atoms with Crippen LogP contribution in [0.25, 0.3) is 0 Å². The van der Waals surface area contributed by atoms with E-state index in [1.807, 2.05) is 0 Å². The Morgan fingerprint density at radius 2 is 1.88 bits per heavy atom. The molecule has 6 heteroatoms. The summed E-state index contributed by atoms with van der Waals surface area (Å²) >= 11 is 0. The molecule has 0 amide bonds. The number of halogens is 1. The molecule has 0 aliphatic rings. The fourth-order valence-electron chi connectivity index (χ4n) is 1.43. The highest BCUT2D eigenvalue weighted by Crippen LogP contribution is 2.25. The first-order valence-electron chi connectivity index (χ1n) is 4.91. The van der Waals surface area contributed by atoms with Gasteiger partial charge in [0.1, 0.15) is 11.4 Å². The van der Waals surface area contributed by atoms with Gasteiger partial charge < -0.3 is 5.11 Å². The normalized spacial score (nSPS) is 11.8. The quantitative estimate of drug-likeness (QED) is 0.902. The van der Waals surface area contributed by atoms with E-state index in [-0.39, 0.29) is 5.92 Å². The van der Waals surface area contributed by atoms with E-state index in [0.717, 1.165) is 12.3 Å². The van der Waals surface area contributed by atoms with E-state index in [9.17, 15) is 17.6 Å². The summed E-state index contributed by atoms with van der Waals surface area (Å²) in [6.45, 7) is 3.53. The molecule has 0 atom stereocenters. The van der Waals surface area contributed by atoms with E-state index in [4.69, 9.17) is 5.11 Å². The van der Waals surface area contributed by atoms with Gasteiger partial charge in [-0.1, -0.05) is 13.8 Å². The highest BCUT2D eigenvalue weighted by atomic mass is 32.2. The van der Waals surface area contributed by atoms with Gasteiger partial charge in [0.2, 0.25) is 0 Å². The Hall–Kier alpha value is -1.43. The monoisotopic (exact) mass is 260 g/mol. The number of benzene rings is 1. The molecule has 0 fully saturated rings. The zero-order valence-corrected chi connectivity index (χ0v) is 10.5. The molecule has 0 bridgehead atoms. The van der Waals surface area contributed by atoms with Crippen LogP contribution in [0.4, 0.5) is 4.39 Å². The first-order valence-corrected chi connectivity index (χ1v) is 6.80. The molecule has 1 aromatic rings. The van der Waals surface area contributed by atoms with Crippen LogP contribution in [-0.4, -0.2) is 25.7 Å². The summed E-state index contributed by atoms with van der Waals surface area (Å²) in [5.41, 5.74) is -0.343. The van der Waals surface area contributed by atoms with E-state index in [1.54, 1.807) is 13.8 Å². The molecule has 1 N–H and O–H groups in total. The molecule has 94 valence electrons. The minimum atomic E-state index is -3.78. The van der Waals surface area contributed by atoms with Crippen molar-refractivity contribution in [3.05, 3.63) is 29.1 Å². The van der Waals surface area contributed by atoms with Crippen LogP contribution in [0.2, 0.25) is 0 Å². The minimum Gasteiger partial charge on any atom is -0.478 e. The summed E-state index contributed by atoms with van der Waals surface area (Å²) in [7, 11) is -3.78. The summed E-state index contributed by atoms with van der Waals surface area (Å²) in [4.78, 5) is 10.4. The highest BCUT2D eigenvalue weighted by molar-refractivity contribution is 7.90. The lowest BCUT2D eigenvalue weighted by atomic mass is 10.0. The second-order valence-electron chi connectivity index (χ2n) is 4.11. The number of aromatic carboxylic acids is 1. The van der Waals surface area contributed by atoms with Crippen molar-refractivity contribution in [1.29, 1.82) is 0 Å². The smallest absolute Gasteiger partial charge is 0.340 e. The van der Waals surface area contributed by atoms with Crippen molar-refractivity contribution >= 4 is 15.8 Å². The highest BCUT2D eigenvalue weighted by Gasteiger charge is 2.24. The zero-order chi connectivity index (χ0) is 13.4.